The summed E-state index contributed by atoms with van der Waals surface area (Å²) in [6.45, 7) is 0. The molecule has 6 heterocycles. The second kappa shape index (κ2) is 7.35. The van der Waals surface area contributed by atoms with Gasteiger partial charge in [-0.05, 0) is 36.4 Å². The fraction of sp³-hybridized carbons (Fsp3) is 0. The number of carboxylic acids is 2. The number of fused-ring (bicyclic) bond motifs is 10. The van der Waals surface area contributed by atoms with E-state index < -0.39 is 23.8 Å². The van der Waals surface area contributed by atoms with Gasteiger partial charge in [0, 0.05) is 32.9 Å². The number of aromatic nitrogens is 2. The van der Waals surface area contributed by atoms with Crippen molar-refractivity contribution in [3.8, 4) is 0 Å². The van der Waals surface area contributed by atoms with Gasteiger partial charge in [-0.3, -0.25) is 19.4 Å². The van der Waals surface area contributed by atoms with Crippen LogP contribution in [0.2, 0.25) is 0 Å². The highest BCUT2D eigenvalue weighted by molar-refractivity contribution is 6.24. The quantitative estimate of drug-likeness (QED) is 0.290. The van der Waals surface area contributed by atoms with Crippen LogP contribution >= 0.6 is 0 Å². The number of carbonyl (C=O) groups excluding carboxylic acids is 2. The largest absolute Gasteiger partial charge is 0.477 e. The Morgan fingerprint density at radius 3 is 1.40 bits per heavy atom. The third kappa shape index (κ3) is 2.66. The lowest BCUT2D eigenvalue weighted by Gasteiger charge is -2.25. The van der Waals surface area contributed by atoms with Crippen molar-refractivity contribution in [2.75, 3.05) is 0 Å². The number of hydrogen-bond donors (Lipinski definition) is 4. The van der Waals surface area contributed by atoms with Crippen LogP contribution in [-0.2, 0) is 19.2 Å². The van der Waals surface area contributed by atoms with Crippen molar-refractivity contribution in [3.63, 3.8) is 0 Å². The summed E-state index contributed by atoms with van der Waals surface area (Å²) < 4.78 is 0. The summed E-state index contributed by atoms with van der Waals surface area (Å²) in [5.41, 5.74) is 3.95. The lowest BCUT2D eigenvalue weighted by molar-refractivity contribution is -0.137. The highest BCUT2D eigenvalue weighted by Crippen LogP contribution is 2.46. The number of aliphatic carboxylic acids is 2. The number of nitrogens with one attached hydrogen (secondary N) is 2. The Kier molecular flexibility index (Phi) is 4.07. The molecule has 8 rings (SSSR count). The normalized spacial score (nSPS) is 19.2. The molecule has 2 amide bonds. The Bertz CT molecular complexity index is 1970. The van der Waals surface area contributed by atoms with Crippen molar-refractivity contribution in [3.05, 3.63) is 106 Å². The molecule has 2 aromatic carbocycles. The Labute approximate surface area is 224 Å². The number of hydrogen-bond acceptors (Lipinski definition) is 4. The number of amides is 2. The van der Waals surface area contributed by atoms with Gasteiger partial charge in [-0.1, -0.05) is 36.4 Å². The number of H-pyrrole nitrogens is 2. The molecular formula is C30H16N4O6. The molecule has 4 aliphatic rings. The summed E-state index contributed by atoms with van der Waals surface area (Å²) in [6, 6.07) is 14.8. The van der Waals surface area contributed by atoms with Gasteiger partial charge in [0.2, 0.25) is 0 Å². The van der Waals surface area contributed by atoms with Crippen LogP contribution in [0.3, 0.4) is 0 Å². The number of nitrogens with zero attached hydrogens (tertiary/aromatic N) is 2. The van der Waals surface area contributed by atoms with Crippen molar-refractivity contribution in [2.24, 2.45) is 0 Å². The maximum Gasteiger partial charge on any atom is 0.353 e. The van der Waals surface area contributed by atoms with E-state index in [1.54, 1.807) is 0 Å². The van der Waals surface area contributed by atoms with E-state index in [-0.39, 0.29) is 22.5 Å². The first-order chi connectivity index (χ1) is 19.3. The van der Waals surface area contributed by atoms with Gasteiger partial charge in [-0.25, -0.2) is 9.59 Å². The molecule has 0 aliphatic carbocycles. The summed E-state index contributed by atoms with van der Waals surface area (Å²) in [4.78, 5) is 60.8. The fourth-order valence-electron chi connectivity index (χ4n) is 5.97. The van der Waals surface area contributed by atoms with Gasteiger partial charge in [-0.15, -0.1) is 0 Å². The van der Waals surface area contributed by atoms with Crippen molar-refractivity contribution in [1.29, 1.82) is 0 Å². The fourth-order valence-corrected chi connectivity index (χ4v) is 5.97. The number of carbonyl (C=O) groups is 4. The van der Waals surface area contributed by atoms with Crippen LogP contribution in [0.1, 0.15) is 22.5 Å². The highest BCUT2D eigenvalue weighted by Gasteiger charge is 2.45. The van der Waals surface area contributed by atoms with Gasteiger partial charge in [0.15, 0.2) is 0 Å². The minimum atomic E-state index is -1.30. The molecule has 4 aromatic rings. The van der Waals surface area contributed by atoms with Crippen molar-refractivity contribution < 1.29 is 29.4 Å². The summed E-state index contributed by atoms with van der Waals surface area (Å²) in [6.07, 6.45) is 5.87. The van der Waals surface area contributed by atoms with E-state index >= 15 is 0 Å². The lowest BCUT2D eigenvalue weighted by atomic mass is 10.0. The molecule has 2 aromatic heterocycles. The van der Waals surface area contributed by atoms with Gasteiger partial charge >= 0.3 is 11.9 Å². The Morgan fingerprint density at radius 1 is 0.600 bits per heavy atom. The first-order valence-corrected chi connectivity index (χ1v) is 12.3. The molecule has 10 heteroatoms. The first kappa shape index (κ1) is 22.1. The predicted octanol–water partition coefficient (Wildman–Crippen LogP) is 3.89. The van der Waals surface area contributed by atoms with Crippen LogP contribution in [0.4, 0.5) is 0 Å². The van der Waals surface area contributed by atoms with Crippen LogP contribution in [0.25, 0.3) is 45.4 Å². The maximum atomic E-state index is 13.8. The second-order valence-corrected chi connectivity index (χ2v) is 9.76. The third-order valence-electron chi connectivity index (χ3n) is 7.69. The zero-order chi connectivity index (χ0) is 27.4. The van der Waals surface area contributed by atoms with Crippen molar-refractivity contribution >= 4 is 69.1 Å². The van der Waals surface area contributed by atoms with Gasteiger partial charge < -0.3 is 20.2 Å². The van der Waals surface area contributed by atoms with Gasteiger partial charge in [0.1, 0.15) is 11.4 Å². The minimum Gasteiger partial charge on any atom is -0.477 e. The average Bonchev–Trinajstić information content (AvgIpc) is 3.68. The Hall–Kier alpha value is -5.90. The predicted molar refractivity (Wildman–Crippen MR) is 144 cm³/mol. The van der Waals surface area contributed by atoms with E-state index in [4.69, 9.17) is 0 Å². The smallest absolute Gasteiger partial charge is 0.353 e. The molecule has 0 bridgehead atoms. The van der Waals surface area contributed by atoms with E-state index in [2.05, 4.69) is 9.97 Å². The Balaban J connectivity index is 1.37. The molecule has 0 saturated heterocycles. The second-order valence-electron chi connectivity index (χ2n) is 9.76. The topological polar surface area (TPSA) is 147 Å². The lowest BCUT2D eigenvalue weighted by Crippen LogP contribution is -2.33. The van der Waals surface area contributed by atoms with Gasteiger partial charge in [-0.2, -0.15) is 0 Å². The van der Waals surface area contributed by atoms with Crippen LogP contribution in [0.5, 0.6) is 0 Å². The molecule has 10 nitrogen and oxygen atoms in total. The van der Waals surface area contributed by atoms with Crippen molar-refractivity contribution in [2.45, 2.75) is 0 Å². The summed E-state index contributed by atoms with van der Waals surface area (Å²) in [5, 5.41) is 21.6. The first-order valence-electron chi connectivity index (χ1n) is 12.3. The van der Waals surface area contributed by atoms with E-state index in [0.29, 0.717) is 33.9 Å². The zero-order valence-electron chi connectivity index (χ0n) is 20.4. The molecule has 40 heavy (non-hydrogen) atoms. The van der Waals surface area contributed by atoms with Crippen molar-refractivity contribution in [1.82, 2.24) is 19.8 Å². The van der Waals surface area contributed by atoms with E-state index in [1.807, 2.05) is 48.5 Å². The van der Waals surface area contributed by atoms with E-state index in [1.165, 1.54) is 24.3 Å². The summed E-state index contributed by atoms with van der Waals surface area (Å²) in [5.74, 6) is -3.97. The number of benzene rings is 2. The molecule has 0 fully saturated rings. The number of para-hydroxylation sites is 2. The monoisotopic (exact) mass is 528 g/mol. The van der Waals surface area contributed by atoms with E-state index in [9.17, 15) is 29.4 Å². The molecular weight excluding hydrogens is 512 g/mol. The number of rotatable bonds is 2. The Morgan fingerprint density at radius 2 is 1.00 bits per heavy atom. The van der Waals surface area contributed by atoms with E-state index in [0.717, 1.165) is 31.6 Å². The van der Waals surface area contributed by atoms with Gasteiger partial charge in [0.25, 0.3) is 11.8 Å². The zero-order valence-corrected chi connectivity index (χ0v) is 20.4. The van der Waals surface area contributed by atoms with Gasteiger partial charge in [0.05, 0.1) is 33.9 Å². The minimum absolute atomic E-state index is 0.0250. The molecule has 4 aliphatic heterocycles. The van der Waals surface area contributed by atoms with Crippen LogP contribution in [0.15, 0.2) is 83.2 Å². The SMILES string of the molecule is O=C(O)C1=Cc2c([nH]c3ccccc23)C2=C/C(=C3/C=C4c5[nH]c6ccccc6c5C=C(C(=O)O)N4C3=O)C(=O)N12. The molecule has 0 spiro atoms. The van der Waals surface area contributed by atoms with Crippen LogP contribution in [0, 0.1) is 0 Å². The average molecular weight is 528 g/mol. The molecule has 0 atom stereocenters. The standard InChI is InChI=1S/C30H16N4O6/c35-27-17(11-21-25-15(9-23(29(37)38)33(21)27)13-5-1-3-7-19(13)31-25)18-12-22-26-16(14-6-2-4-8-20(14)32-26)10-24(30(39)40)34(22)28(18)36/h1-12,31-32H,(H,37,38)(H,39,40)/b18-17+. The molecule has 0 radical (unpaired) electrons. The molecule has 4 N–H and O–H groups in total. The van der Waals surface area contributed by atoms with Crippen LogP contribution < -0.4 is 0 Å². The summed E-state index contributed by atoms with van der Waals surface area (Å²) in [7, 11) is 0. The molecule has 192 valence electrons. The maximum absolute atomic E-state index is 13.8. The van der Waals surface area contributed by atoms with Crippen LogP contribution in [-0.4, -0.2) is 53.7 Å². The number of carboxylic acid groups (broad SMARTS) is 2. The number of aromatic amines is 2. The third-order valence-corrected chi connectivity index (χ3v) is 7.69. The summed E-state index contributed by atoms with van der Waals surface area (Å²) >= 11 is 0. The molecule has 0 saturated carbocycles. The highest BCUT2D eigenvalue weighted by atomic mass is 16.4. The molecule has 0 unspecified atom stereocenters.